The normalized spacial score (nSPS) is 11.5. The number of halogens is 3. The summed E-state index contributed by atoms with van der Waals surface area (Å²) in [6.45, 7) is 0. The fourth-order valence-corrected chi connectivity index (χ4v) is 2.52. The number of anilines is 1. The second-order valence-corrected chi connectivity index (χ2v) is 5.60. The number of alkyl halides is 3. The van der Waals surface area contributed by atoms with Crippen LogP contribution in [0.15, 0.2) is 40.8 Å². The number of fused-ring (bicyclic) bond motifs is 1. The zero-order valence-corrected chi connectivity index (χ0v) is 14.6. The van der Waals surface area contributed by atoms with Crippen molar-refractivity contribution in [3.05, 3.63) is 36.4 Å². The summed E-state index contributed by atoms with van der Waals surface area (Å²) in [5.41, 5.74) is 1.33. The summed E-state index contributed by atoms with van der Waals surface area (Å²) in [5, 5.41) is 0. The average Bonchev–Trinajstić information content (AvgIpc) is 3.08. The molecule has 0 radical (unpaired) electrons. The molecule has 3 aromatic rings. The van der Waals surface area contributed by atoms with E-state index in [2.05, 4.69) is 4.98 Å². The molecule has 1 amide bonds. The van der Waals surface area contributed by atoms with Gasteiger partial charge in [-0.2, -0.15) is 13.2 Å². The maximum absolute atomic E-state index is 12.6. The van der Waals surface area contributed by atoms with Gasteiger partial charge >= 0.3 is 12.1 Å². The van der Waals surface area contributed by atoms with Gasteiger partial charge in [-0.25, -0.2) is 4.98 Å². The molecule has 0 fully saturated rings. The molecule has 0 saturated heterocycles. The molecular formula is C18H15F3N2O4. The summed E-state index contributed by atoms with van der Waals surface area (Å²) in [6, 6.07) is 9.25. The maximum Gasteiger partial charge on any atom is 0.471 e. The Hall–Kier alpha value is -3.23. The number of carbonyl (C=O) groups excluding carboxylic acids is 1. The molecule has 0 atom stereocenters. The number of methoxy groups -OCH3 is 2. The smallest absolute Gasteiger partial charge is 0.471 e. The van der Waals surface area contributed by atoms with E-state index in [-0.39, 0.29) is 17.2 Å². The van der Waals surface area contributed by atoms with E-state index in [9.17, 15) is 18.0 Å². The minimum atomic E-state index is -4.96. The average molecular weight is 380 g/mol. The van der Waals surface area contributed by atoms with Crippen LogP contribution in [0.4, 0.5) is 18.9 Å². The van der Waals surface area contributed by atoms with Crippen LogP contribution in [0.5, 0.6) is 11.5 Å². The molecule has 1 aromatic heterocycles. The van der Waals surface area contributed by atoms with Crippen LogP contribution < -0.4 is 14.4 Å². The summed E-state index contributed by atoms with van der Waals surface area (Å²) in [4.78, 5) is 16.2. The molecule has 3 rings (SSSR count). The first-order valence-electron chi connectivity index (χ1n) is 7.72. The number of hydrogen-bond donors (Lipinski definition) is 0. The highest BCUT2D eigenvalue weighted by atomic mass is 19.4. The molecule has 0 saturated carbocycles. The van der Waals surface area contributed by atoms with Crippen LogP contribution >= 0.6 is 0 Å². The van der Waals surface area contributed by atoms with E-state index < -0.39 is 12.1 Å². The van der Waals surface area contributed by atoms with Crippen molar-refractivity contribution in [3.63, 3.8) is 0 Å². The van der Waals surface area contributed by atoms with E-state index in [1.165, 1.54) is 32.4 Å². The van der Waals surface area contributed by atoms with E-state index in [0.717, 1.165) is 7.05 Å². The number of aromatic nitrogens is 1. The van der Waals surface area contributed by atoms with Gasteiger partial charge in [-0.1, -0.05) is 0 Å². The zero-order chi connectivity index (χ0) is 19.8. The Balaban J connectivity index is 1.98. The number of ether oxygens (including phenoxy) is 2. The van der Waals surface area contributed by atoms with Crippen molar-refractivity contribution >= 4 is 22.7 Å². The minimum Gasteiger partial charge on any atom is -0.493 e. The highest BCUT2D eigenvalue weighted by molar-refractivity contribution is 5.98. The largest absolute Gasteiger partial charge is 0.493 e. The van der Waals surface area contributed by atoms with Crippen molar-refractivity contribution in [2.45, 2.75) is 6.18 Å². The van der Waals surface area contributed by atoms with Crippen LogP contribution in [0.2, 0.25) is 0 Å². The maximum atomic E-state index is 12.6. The third kappa shape index (κ3) is 3.53. The molecule has 2 aromatic carbocycles. The predicted molar refractivity (Wildman–Crippen MR) is 92.0 cm³/mol. The van der Waals surface area contributed by atoms with Crippen LogP contribution in [0.1, 0.15) is 0 Å². The van der Waals surface area contributed by atoms with Crippen molar-refractivity contribution in [1.29, 1.82) is 0 Å². The van der Waals surface area contributed by atoms with Crippen LogP contribution in [-0.4, -0.2) is 38.3 Å². The standard InChI is InChI=1S/C18H15F3N2O4/c1-23(17(24)18(19,20)21)11-5-6-12-14(9-11)27-16(22-12)10-4-7-13(25-2)15(8-10)26-3/h4-9H,1-3H3. The van der Waals surface area contributed by atoms with Gasteiger partial charge in [0.2, 0.25) is 5.89 Å². The van der Waals surface area contributed by atoms with E-state index in [1.54, 1.807) is 18.2 Å². The molecule has 0 aliphatic rings. The molecule has 9 heteroatoms. The number of carbonyl (C=O) groups is 1. The highest BCUT2D eigenvalue weighted by Gasteiger charge is 2.41. The lowest BCUT2D eigenvalue weighted by atomic mass is 10.2. The molecule has 1 heterocycles. The number of hydrogen-bond acceptors (Lipinski definition) is 5. The Kier molecular flexibility index (Phi) is 4.69. The number of amides is 1. The van der Waals surface area contributed by atoms with Gasteiger partial charge in [-0.05, 0) is 30.3 Å². The Bertz CT molecular complexity index is 998. The second-order valence-electron chi connectivity index (χ2n) is 5.60. The van der Waals surface area contributed by atoms with Crippen molar-refractivity contribution in [2.24, 2.45) is 0 Å². The van der Waals surface area contributed by atoms with Gasteiger partial charge in [0.15, 0.2) is 17.1 Å². The van der Waals surface area contributed by atoms with Gasteiger partial charge in [0.1, 0.15) is 5.52 Å². The predicted octanol–water partition coefficient (Wildman–Crippen LogP) is 4.04. The third-order valence-electron chi connectivity index (χ3n) is 3.94. The summed E-state index contributed by atoms with van der Waals surface area (Å²) in [5.74, 6) is -0.699. The van der Waals surface area contributed by atoms with Crippen molar-refractivity contribution in [1.82, 2.24) is 4.98 Å². The number of oxazole rings is 1. The topological polar surface area (TPSA) is 64.8 Å². The fourth-order valence-electron chi connectivity index (χ4n) is 2.52. The van der Waals surface area contributed by atoms with Crippen LogP contribution in [-0.2, 0) is 4.79 Å². The van der Waals surface area contributed by atoms with E-state index in [0.29, 0.717) is 27.5 Å². The fraction of sp³-hybridized carbons (Fsp3) is 0.222. The van der Waals surface area contributed by atoms with E-state index in [1.807, 2.05) is 0 Å². The number of rotatable bonds is 4. The lowest BCUT2D eigenvalue weighted by Crippen LogP contribution is -2.38. The third-order valence-corrected chi connectivity index (χ3v) is 3.94. The molecule has 0 bridgehead atoms. The number of benzene rings is 2. The minimum absolute atomic E-state index is 0.0415. The van der Waals surface area contributed by atoms with Gasteiger partial charge in [-0.15, -0.1) is 0 Å². The van der Waals surface area contributed by atoms with Gasteiger partial charge in [0.25, 0.3) is 0 Å². The number of nitrogens with zero attached hydrogens (tertiary/aromatic N) is 2. The molecule has 0 N–H and O–H groups in total. The van der Waals surface area contributed by atoms with Crippen molar-refractivity contribution in [3.8, 4) is 23.0 Å². The first-order chi connectivity index (χ1) is 12.7. The molecule has 27 heavy (non-hydrogen) atoms. The SMILES string of the molecule is COc1ccc(-c2nc3ccc(N(C)C(=O)C(F)(F)F)cc3o2)cc1OC. The van der Waals surface area contributed by atoms with Gasteiger partial charge in [0, 0.05) is 24.4 Å². The van der Waals surface area contributed by atoms with Gasteiger partial charge < -0.3 is 18.8 Å². The highest BCUT2D eigenvalue weighted by Crippen LogP contribution is 2.34. The molecular weight excluding hydrogens is 365 g/mol. The zero-order valence-electron chi connectivity index (χ0n) is 14.6. The first kappa shape index (κ1) is 18.6. The summed E-state index contributed by atoms with van der Waals surface area (Å²) in [7, 11) is 4.05. The second kappa shape index (κ2) is 6.82. The van der Waals surface area contributed by atoms with Crippen molar-refractivity contribution < 1.29 is 31.9 Å². The van der Waals surface area contributed by atoms with Gasteiger partial charge in [0.05, 0.1) is 14.2 Å². The molecule has 0 aliphatic heterocycles. The molecule has 142 valence electrons. The van der Waals surface area contributed by atoms with Crippen LogP contribution in [0, 0.1) is 0 Å². The Morgan fingerprint density at radius 1 is 1.07 bits per heavy atom. The first-order valence-corrected chi connectivity index (χ1v) is 7.72. The molecule has 0 unspecified atom stereocenters. The van der Waals surface area contributed by atoms with Crippen LogP contribution in [0.3, 0.4) is 0 Å². The monoisotopic (exact) mass is 380 g/mol. The Labute approximate surface area is 152 Å². The Morgan fingerprint density at radius 3 is 2.41 bits per heavy atom. The molecule has 0 spiro atoms. The molecule has 0 aliphatic carbocycles. The van der Waals surface area contributed by atoms with E-state index >= 15 is 0 Å². The lowest BCUT2D eigenvalue weighted by Gasteiger charge is -2.18. The Morgan fingerprint density at radius 2 is 1.78 bits per heavy atom. The van der Waals surface area contributed by atoms with Crippen molar-refractivity contribution in [2.75, 3.05) is 26.2 Å². The van der Waals surface area contributed by atoms with Gasteiger partial charge in [-0.3, -0.25) is 4.79 Å². The lowest BCUT2D eigenvalue weighted by molar-refractivity contribution is -0.170. The quantitative estimate of drug-likeness (QED) is 0.684. The van der Waals surface area contributed by atoms with E-state index in [4.69, 9.17) is 13.9 Å². The summed E-state index contributed by atoms with van der Waals surface area (Å²) >= 11 is 0. The summed E-state index contributed by atoms with van der Waals surface area (Å²) < 4.78 is 53.9. The summed E-state index contributed by atoms with van der Waals surface area (Å²) in [6.07, 6.45) is -4.96. The van der Waals surface area contributed by atoms with Crippen LogP contribution in [0.25, 0.3) is 22.6 Å². The molecule has 6 nitrogen and oxygen atoms in total.